The molecule has 0 atom stereocenters. The number of benzene rings is 3. The second kappa shape index (κ2) is 10.3. The normalized spacial score (nSPS) is 10.6. The van der Waals surface area contributed by atoms with Gasteiger partial charge in [0.05, 0.1) is 0 Å². The van der Waals surface area contributed by atoms with Crippen molar-refractivity contribution in [1.29, 1.82) is 0 Å². The molecule has 0 aliphatic carbocycles. The smallest absolute Gasteiger partial charge is 0.250 e. The van der Waals surface area contributed by atoms with E-state index in [4.69, 9.17) is 11.6 Å². The Bertz CT molecular complexity index is 1010. The molecule has 0 fully saturated rings. The fourth-order valence-corrected chi connectivity index (χ4v) is 3.79. The highest BCUT2D eigenvalue weighted by Gasteiger charge is 2.10. The molecule has 3 aromatic carbocycles. The van der Waals surface area contributed by atoms with Crippen LogP contribution < -0.4 is 4.90 Å². The highest BCUT2D eigenvalue weighted by Crippen LogP contribution is 2.33. The van der Waals surface area contributed by atoms with Crippen LogP contribution >= 0.6 is 11.6 Å². The zero-order valence-electron chi connectivity index (χ0n) is 17.7. The number of aryl methyl sites for hydroxylation is 1. The van der Waals surface area contributed by atoms with Gasteiger partial charge in [-0.2, -0.15) is 0 Å². The van der Waals surface area contributed by atoms with Gasteiger partial charge in [0, 0.05) is 23.3 Å². The summed E-state index contributed by atoms with van der Waals surface area (Å²) in [6, 6.07) is 22.7. The third kappa shape index (κ3) is 5.20. The molecular formula is C27H28ClNO. The Labute approximate surface area is 184 Å². The van der Waals surface area contributed by atoms with Crippen LogP contribution in [0.4, 0.5) is 5.69 Å². The van der Waals surface area contributed by atoms with Gasteiger partial charge in [0.15, 0.2) is 0 Å². The third-order valence-electron chi connectivity index (χ3n) is 5.40. The van der Waals surface area contributed by atoms with Crippen LogP contribution in [0.3, 0.4) is 0 Å². The lowest BCUT2D eigenvalue weighted by Crippen LogP contribution is -2.23. The summed E-state index contributed by atoms with van der Waals surface area (Å²) in [7, 11) is 1.73. The number of unbranched alkanes of at least 4 members (excludes halogenated alkanes) is 2. The second-order valence-electron chi connectivity index (χ2n) is 7.50. The number of carbonyl (C=O) groups excluding carboxylic acids is 1. The summed E-state index contributed by atoms with van der Waals surface area (Å²) >= 11 is 6.63. The van der Waals surface area contributed by atoms with E-state index in [1.54, 1.807) is 11.9 Å². The number of rotatable bonds is 8. The number of hydrogen-bond acceptors (Lipinski definition) is 1. The first-order valence-electron chi connectivity index (χ1n) is 10.4. The highest BCUT2D eigenvalue weighted by molar-refractivity contribution is 6.33. The molecule has 0 spiro atoms. The molecule has 0 aromatic heterocycles. The molecule has 0 radical (unpaired) electrons. The number of likely N-dealkylation sites (N-methyl/N-ethyl adjacent to an activating group) is 1. The van der Waals surface area contributed by atoms with Crippen LogP contribution in [0.25, 0.3) is 22.3 Å². The molecule has 30 heavy (non-hydrogen) atoms. The van der Waals surface area contributed by atoms with E-state index in [-0.39, 0.29) is 5.91 Å². The van der Waals surface area contributed by atoms with Crippen molar-refractivity contribution in [3.8, 4) is 22.3 Å². The van der Waals surface area contributed by atoms with Crippen molar-refractivity contribution in [2.24, 2.45) is 0 Å². The maximum absolute atomic E-state index is 11.8. The molecule has 3 aromatic rings. The fraction of sp³-hybridized carbons (Fsp3) is 0.222. The Morgan fingerprint density at radius 1 is 0.933 bits per heavy atom. The van der Waals surface area contributed by atoms with Crippen molar-refractivity contribution < 1.29 is 4.79 Å². The number of anilines is 1. The van der Waals surface area contributed by atoms with Crippen LogP contribution in [-0.4, -0.2) is 13.0 Å². The Balaban J connectivity index is 1.77. The van der Waals surface area contributed by atoms with Crippen molar-refractivity contribution in [2.75, 3.05) is 11.9 Å². The van der Waals surface area contributed by atoms with Crippen molar-refractivity contribution >= 4 is 23.2 Å². The van der Waals surface area contributed by atoms with Gasteiger partial charge in [0.1, 0.15) is 0 Å². The van der Waals surface area contributed by atoms with Gasteiger partial charge in [0.2, 0.25) is 5.91 Å². The summed E-state index contributed by atoms with van der Waals surface area (Å²) in [4.78, 5) is 13.3. The van der Waals surface area contributed by atoms with E-state index in [0.717, 1.165) is 28.8 Å². The first-order chi connectivity index (χ1) is 14.5. The van der Waals surface area contributed by atoms with Crippen molar-refractivity contribution in [1.82, 2.24) is 0 Å². The first-order valence-corrected chi connectivity index (χ1v) is 10.8. The van der Waals surface area contributed by atoms with Gasteiger partial charge in [0.25, 0.3) is 0 Å². The number of amides is 1. The van der Waals surface area contributed by atoms with E-state index in [0.29, 0.717) is 5.02 Å². The molecule has 0 aliphatic rings. The summed E-state index contributed by atoms with van der Waals surface area (Å²) in [6.07, 6.45) is 6.21. The number of hydrogen-bond donors (Lipinski definition) is 0. The molecule has 0 unspecified atom stereocenters. The molecule has 0 bridgehead atoms. The van der Waals surface area contributed by atoms with Crippen LogP contribution in [0.1, 0.15) is 31.7 Å². The molecule has 0 aliphatic heterocycles. The zero-order chi connectivity index (χ0) is 21.5. The van der Waals surface area contributed by atoms with Gasteiger partial charge in [-0.05, 0) is 59.4 Å². The maximum Gasteiger partial charge on any atom is 0.250 e. The van der Waals surface area contributed by atoms with Gasteiger partial charge in [-0.25, -0.2) is 0 Å². The number of nitrogens with zero attached hydrogens (tertiary/aromatic N) is 1. The average molecular weight is 418 g/mol. The van der Waals surface area contributed by atoms with Gasteiger partial charge in [-0.1, -0.05) is 86.5 Å². The molecule has 0 N–H and O–H groups in total. The predicted octanol–water partition coefficient (Wildman–Crippen LogP) is 7.56. The van der Waals surface area contributed by atoms with Crippen molar-refractivity contribution in [3.05, 3.63) is 90.0 Å². The van der Waals surface area contributed by atoms with E-state index in [1.165, 1.54) is 36.5 Å². The summed E-state index contributed by atoms with van der Waals surface area (Å²) in [5.41, 5.74) is 6.46. The van der Waals surface area contributed by atoms with Gasteiger partial charge < -0.3 is 4.90 Å². The molecule has 3 rings (SSSR count). The van der Waals surface area contributed by atoms with E-state index < -0.39 is 0 Å². The van der Waals surface area contributed by atoms with Gasteiger partial charge in [-0.15, -0.1) is 0 Å². The molecule has 1 amide bonds. The molecule has 2 nitrogen and oxygen atoms in total. The topological polar surface area (TPSA) is 20.3 Å². The van der Waals surface area contributed by atoms with Gasteiger partial charge >= 0.3 is 0 Å². The molecule has 3 heteroatoms. The Kier molecular flexibility index (Phi) is 7.48. The maximum atomic E-state index is 11.8. The predicted molar refractivity (Wildman–Crippen MR) is 129 cm³/mol. The Morgan fingerprint density at radius 3 is 2.17 bits per heavy atom. The van der Waals surface area contributed by atoms with E-state index >= 15 is 0 Å². The molecule has 0 heterocycles. The van der Waals surface area contributed by atoms with Crippen LogP contribution in [0.5, 0.6) is 0 Å². The Hall–Kier alpha value is -2.84. The fourth-order valence-electron chi connectivity index (χ4n) is 3.50. The zero-order valence-corrected chi connectivity index (χ0v) is 18.5. The van der Waals surface area contributed by atoms with Crippen LogP contribution in [-0.2, 0) is 11.2 Å². The van der Waals surface area contributed by atoms with E-state index in [9.17, 15) is 4.79 Å². The van der Waals surface area contributed by atoms with Crippen molar-refractivity contribution in [2.45, 2.75) is 32.6 Å². The minimum atomic E-state index is -0.137. The minimum absolute atomic E-state index is 0.137. The molecule has 154 valence electrons. The molecule has 0 saturated heterocycles. The largest absolute Gasteiger partial charge is 0.312 e. The quantitative estimate of drug-likeness (QED) is 0.273. The number of halogens is 1. The standard InChI is InChI=1S/C27H28ClNO/c1-4-6-7-8-20-9-11-21(12-10-20)23-15-18-25(26(28)19-23)22-13-16-24(17-14-22)29(3)27(30)5-2/h5,9-19H,2,4,6-8H2,1,3H3. The lowest BCUT2D eigenvalue weighted by molar-refractivity contribution is -0.113. The highest BCUT2D eigenvalue weighted by atomic mass is 35.5. The third-order valence-corrected chi connectivity index (χ3v) is 5.71. The van der Waals surface area contributed by atoms with E-state index in [2.05, 4.69) is 49.9 Å². The Morgan fingerprint density at radius 2 is 1.57 bits per heavy atom. The van der Waals surface area contributed by atoms with Crippen LogP contribution in [0.2, 0.25) is 5.02 Å². The van der Waals surface area contributed by atoms with Crippen molar-refractivity contribution in [3.63, 3.8) is 0 Å². The van der Waals surface area contributed by atoms with Gasteiger partial charge in [-0.3, -0.25) is 4.79 Å². The lowest BCUT2D eigenvalue weighted by atomic mass is 9.98. The van der Waals surface area contributed by atoms with E-state index in [1.807, 2.05) is 30.3 Å². The summed E-state index contributed by atoms with van der Waals surface area (Å²) < 4.78 is 0. The SMILES string of the molecule is C=CC(=O)N(C)c1ccc(-c2ccc(-c3ccc(CCCCC)cc3)cc2Cl)cc1. The van der Waals surface area contributed by atoms with Crippen LogP contribution in [0, 0.1) is 0 Å². The van der Waals surface area contributed by atoms with Crippen LogP contribution in [0.15, 0.2) is 79.4 Å². The average Bonchev–Trinajstić information content (AvgIpc) is 2.79. The summed E-state index contributed by atoms with van der Waals surface area (Å²) in [6.45, 7) is 5.76. The molecule has 0 saturated carbocycles. The lowest BCUT2D eigenvalue weighted by Gasteiger charge is -2.16. The molecular weight excluding hydrogens is 390 g/mol. The first kappa shape index (κ1) is 21.9. The number of carbonyl (C=O) groups is 1. The second-order valence-corrected chi connectivity index (χ2v) is 7.90. The summed E-state index contributed by atoms with van der Waals surface area (Å²) in [5, 5.41) is 0.711. The monoisotopic (exact) mass is 417 g/mol. The minimum Gasteiger partial charge on any atom is -0.312 e. The summed E-state index contributed by atoms with van der Waals surface area (Å²) in [5.74, 6) is -0.137.